The Morgan fingerprint density at radius 2 is 2.00 bits per heavy atom. The summed E-state index contributed by atoms with van der Waals surface area (Å²) in [6.45, 7) is 3.72. The smallest absolute Gasteiger partial charge is 0.254 e. The molecule has 1 fully saturated rings. The molecule has 0 unspecified atom stereocenters. The molecule has 1 aromatic rings. The van der Waals surface area contributed by atoms with Crippen molar-refractivity contribution >= 4 is 31.9 Å². The summed E-state index contributed by atoms with van der Waals surface area (Å²) in [7, 11) is -4.05. The van der Waals surface area contributed by atoms with E-state index in [0.29, 0.717) is 5.92 Å². The minimum Gasteiger partial charge on any atom is -0.347 e. The molecule has 0 atom stereocenters. The third-order valence-corrected chi connectivity index (χ3v) is 5.48. The third-order valence-electron chi connectivity index (χ3n) is 3.61. The van der Waals surface area contributed by atoms with Crippen LogP contribution in [0.5, 0.6) is 0 Å². The van der Waals surface area contributed by atoms with E-state index in [0.717, 1.165) is 25.0 Å². The number of carbonyl (C=O) groups is 1. The number of primary sulfonamides is 1. The summed E-state index contributed by atoms with van der Waals surface area (Å²) in [6, 6.07) is 1.88. The fraction of sp³-hybridized carbons (Fsp3) is 0.462. The molecule has 8 heteroatoms. The molecule has 0 spiro atoms. The number of hydrogen-bond acceptors (Lipinski definition) is 3. The van der Waals surface area contributed by atoms with Crippen LogP contribution in [0.3, 0.4) is 0 Å². The third kappa shape index (κ3) is 3.61. The van der Waals surface area contributed by atoms with E-state index >= 15 is 0 Å². The Morgan fingerprint density at radius 3 is 2.48 bits per heavy atom. The van der Waals surface area contributed by atoms with Gasteiger partial charge in [0.2, 0.25) is 10.0 Å². The highest BCUT2D eigenvalue weighted by Gasteiger charge is 2.39. The molecule has 21 heavy (non-hydrogen) atoms. The Bertz CT molecular complexity index is 700. The van der Waals surface area contributed by atoms with Crippen molar-refractivity contribution in [3.8, 4) is 0 Å². The predicted octanol–water partition coefficient (Wildman–Crippen LogP) is 2.15. The lowest BCUT2D eigenvalue weighted by atomic mass is 9.98. The fourth-order valence-corrected chi connectivity index (χ4v) is 3.79. The molecule has 0 bridgehead atoms. The summed E-state index contributed by atoms with van der Waals surface area (Å²) in [5.41, 5.74) is -0.797. The molecule has 1 aliphatic carbocycles. The summed E-state index contributed by atoms with van der Waals surface area (Å²) in [4.78, 5) is 11.9. The average Bonchev–Trinajstić information content (AvgIpc) is 3.09. The Kier molecular flexibility index (Phi) is 4.16. The van der Waals surface area contributed by atoms with Gasteiger partial charge in [-0.05, 0) is 60.7 Å². The lowest BCUT2D eigenvalue weighted by Gasteiger charge is -2.26. The minimum absolute atomic E-state index is 0.0134. The lowest BCUT2D eigenvalue weighted by molar-refractivity contribution is 0.0899. The largest absolute Gasteiger partial charge is 0.347 e. The first-order chi connectivity index (χ1) is 9.52. The number of nitrogens with one attached hydrogen (secondary N) is 1. The highest BCUT2D eigenvalue weighted by atomic mass is 79.9. The van der Waals surface area contributed by atoms with Crippen LogP contribution in [-0.4, -0.2) is 19.9 Å². The SMILES string of the molecule is CC(C)(NC(=O)c1cc(S(N)(=O)=O)c(Br)cc1F)C1CC1. The predicted molar refractivity (Wildman–Crippen MR) is 79.7 cm³/mol. The number of halogens is 2. The monoisotopic (exact) mass is 378 g/mol. The summed E-state index contributed by atoms with van der Waals surface area (Å²) < 4.78 is 36.8. The molecule has 1 aliphatic rings. The van der Waals surface area contributed by atoms with Crippen molar-refractivity contribution in [1.29, 1.82) is 0 Å². The molecule has 1 aromatic carbocycles. The number of carbonyl (C=O) groups excluding carboxylic acids is 1. The Hall–Kier alpha value is -0.990. The first-order valence-corrected chi connectivity index (χ1v) is 8.70. The minimum atomic E-state index is -4.05. The van der Waals surface area contributed by atoms with Crippen LogP contribution in [0.1, 0.15) is 37.0 Å². The van der Waals surface area contributed by atoms with Crippen molar-refractivity contribution < 1.29 is 17.6 Å². The number of nitrogens with two attached hydrogens (primary N) is 1. The van der Waals surface area contributed by atoms with E-state index in [1.807, 2.05) is 13.8 Å². The molecule has 0 aromatic heterocycles. The van der Waals surface area contributed by atoms with Gasteiger partial charge in [-0.3, -0.25) is 4.79 Å². The molecular weight excluding hydrogens is 363 g/mol. The standard InChI is InChI=1S/C13H16BrFN2O3S/c1-13(2,7-3-4-7)17-12(18)8-5-11(21(16,19)20)9(14)6-10(8)15/h5-7H,3-4H2,1-2H3,(H,17,18)(H2,16,19,20). The lowest BCUT2D eigenvalue weighted by Crippen LogP contribution is -2.45. The van der Waals surface area contributed by atoms with Gasteiger partial charge in [0.05, 0.1) is 10.5 Å². The molecule has 3 N–H and O–H groups in total. The van der Waals surface area contributed by atoms with E-state index in [9.17, 15) is 17.6 Å². The van der Waals surface area contributed by atoms with Crippen molar-refractivity contribution in [3.05, 3.63) is 28.0 Å². The summed E-state index contributed by atoms with van der Waals surface area (Å²) in [5.74, 6) is -1.10. The molecule has 5 nitrogen and oxygen atoms in total. The molecule has 2 rings (SSSR count). The van der Waals surface area contributed by atoms with Gasteiger partial charge in [0.15, 0.2) is 0 Å². The zero-order valence-electron chi connectivity index (χ0n) is 11.6. The van der Waals surface area contributed by atoms with Gasteiger partial charge in [-0.1, -0.05) is 0 Å². The van der Waals surface area contributed by atoms with E-state index in [4.69, 9.17) is 5.14 Å². The Labute approximate surface area is 131 Å². The van der Waals surface area contributed by atoms with Crippen LogP contribution in [-0.2, 0) is 10.0 Å². The van der Waals surface area contributed by atoms with E-state index in [2.05, 4.69) is 21.2 Å². The van der Waals surface area contributed by atoms with E-state index in [-0.39, 0.29) is 14.9 Å². The first kappa shape index (κ1) is 16.4. The van der Waals surface area contributed by atoms with Crippen LogP contribution in [0.15, 0.2) is 21.5 Å². The van der Waals surface area contributed by atoms with Gasteiger partial charge in [0, 0.05) is 10.0 Å². The maximum atomic E-state index is 13.9. The van der Waals surface area contributed by atoms with Crippen LogP contribution in [0.25, 0.3) is 0 Å². The van der Waals surface area contributed by atoms with Crippen LogP contribution >= 0.6 is 15.9 Å². The summed E-state index contributed by atoms with van der Waals surface area (Å²) >= 11 is 2.93. The van der Waals surface area contributed by atoms with Crippen LogP contribution in [0.2, 0.25) is 0 Å². The van der Waals surface area contributed by atoms with Crippen molar-refractivity contribution in [2.24, 2.45) is 11.1 Å². The van der Waals surface area contributed by atoms with Crippen LogP contribution < -0.4 is 10.5 Å². The molecule has 0 radical (unpaired) electrons. The zero-order valence-corrected chi connectivity index (χ0v) is 14.0. The van der Waals surface area contributed by atoms with Gasteiger partial charge >= 0.3 is 0 Å². The zero-order chi connectivity index (χ0) is 16.0. The van der Waals surface area contributed by atoms with Crippen LogP contribution in [0, 0.1) is 11.7 Å². The van der Waals surface area contributed by atoms with Crippen molar-refractivity contribution in [2.45, 2.75) is 37.1 Å². The number of hydrogen-bond donors (Lipinski definition) is 2. The summed E-state index contributed by atoms with van der Waals surface area (Å²) in [5, 5.41) is 7.79. The molecule has 1 amide bonds. The van der Waals surface area contributed by atoms with Gasteiger partial charge in [0.25, 0.3) is 5.91 Å². The van der Waals surface area contributed by atoms with Gasteiger partial charge in [-0.2, -0.15) is 0 Å². The number of rotatable bonds is 4. The van der Waals surface area contributed by atoms with Gasteiger partial charge < -0.3 is 5.32 Å². The molecule has 0 saturated heterocycles. The molecule has 0 aliphatic heterocycles. The number of amides is 1. The molecule has 1 saturated carbocycles. The normalized spacial score (nSPS) is 15.9. The van der Waals surface area contributed by atoms with Gasteiger partial charge in [-0.15, -0.1) is 0 Å². The summed E-state index contributed by atoms with van der Waals surface area (Å²) in [6.07, 6.45) is 2.02. The Balaban J connectivity index is 2.37. The second kappa shape index (κ2) is 5.33. The van der Waals surface area contributed by atoms with Crippen molar-refractivity contribution in [1.82, 2.24) is 5.32 Å². The van der Waals surface area contributed by atoms with Crippen molar-refractivity contribution in [3.63, 3.8) is 0 Å². The van der Waals surface area contributed by atoms with E-state index < -0.39 is 27.3 Å². The second-order valence-electron chi connectivity index (χ2n) is 5.76. The van der Waals surface area contributed by atoms with Crippen LogP contribution in [0.4, 0.5) is 4.39 Å². The highest BCUT2D eigenvalue weighted by molar-refractivity contribution is 9.10. The molecule has 116 valence electrons. The topological polar surface area (TPSA) is 89.3 Å². The second-order valence-corrected chi connectivity index (χ2v) is 8.14. The molecule has 0 heterocycles. The quantitative estimate of drug-likeness (QED) is 0.840. The fourth-order valence-electron chi connectivity index (χ4n) is 2.19. The van der Waals surface area contributed by atoms with Gasteiger partial charge in [-0.25, -0.2) is 17.9 Å². The first-order valence-electron chi connectivity index (χ1n) is 6.37. The number of sulfonamides is 1. The van der Waals surface area contributed by atoms with E-state index in [1.54, 1.807) is 0 Å². The highest BCUT2D eigenvalue weighted by Crippen LogP contribution is 2.39. The van der Waals surface area contributed by atoms with E-state index in [1.165, 1.54) is 0 Å². The van der Waals surface area contributed by atoms with Crippen molar-refractivity contribution in [2.75, 3.05) is 0 Å². The number of benzene rings is 1. The van der Waals surface area contributed by atoms with Gasteiger partial charge in [0.1, 0.15) is 5.82 Å². The maximum absolute atomic E-state index is 13.9. The average molecular weight is 379 g/mol. The maximum Gasteiger partial charge on any atom is 0.254 e. The Morgan fingerprint density at radius 1 is 1.43 bits per heavy atom. The molecular formula is C13H16BrFN2O3S.